The van der Waals surface area contributed by atoms with Gasteiger partial charge in [-0.15, -0.1) is 0 Å². The summed E-state index contributed by atoms with van der Waals surface area (Å²) in [6.45, 7) is 8.46. The molecule has 4 atom stereocenters. The largest absolute Gasteiger partial charge is 0.392 e. The maximum Gasteiger partial charge on any atom is 0.0664 e. The van der Waals surface area contributed by atoms with E-state index in [2.05, 4.69) is 37.7 Å². The van der Waals surface area contributed by atoms with Gasteiger partial charge >= 0.3 is 0 Å². The van der Waals surface area contributed by atoms with Crippen LogP contribution in [-0.4, -0.2) is 60.3 Å². The minimum atomic E-state index is -0.233. The Hall–Kier alpha value is -0.120. The Morgan fingerprint density at radius 2 is 1.86 bits per heavy atom. The van der Waals surface area contributed by atoms with Crippen LogP contribution in [0.4, 0.5) is 0 Å². The number of hydrogen-bond acceptors (Lipinski definition) is 3. The number of hydrogen-bond donors (Lipinski definition) is 1. The quantitative estimate of drug-likeness (QED) is 0.724. The van der Waals surface area contributed by atoms with Gasteiger partial charge in [-0.1, -0.05) is 6.92 Å². The molecule has 3 nitrogen and oxygen atoms in total. The molecule has 84 valence electrons. The fourth-order valence-electron chi connectivity index (χ4n) is 2.30. The molecule has 0 aromatic heterocycles. The average Bonchev–Trinajstić information content (AvgIpc) is 2.45. The summed E-state index contributed by atoms with van der Waals surface area (Å²) in [5.74, 6) is 0.700. The molecule has 1 saturated heterocycles. The minimum Gasteiger partial charge on any atom is -0.392 e. The van der Waals surface area contributed by atoms with E-state index in [4.69, 9.17) is 0 Å². The Bertz CT molecular complexity index is 182. The Morgan fingerprint density at radius 3 is 2.21 bits per heavy atom. The summed E-state index contributed by atoms with van der Waals surface area (Å²) in [5.41, 5.74) is 0. The number of aliphatic hydroxyl groups excluding tert-OH is 1. The average molecular weight is 200 g/mol. The normalized spacial score (nSPS) is 33.6. The molecule has 0 saturated carbocycles. The van der Waals surface area contributed by atoms with Crippen molar-refractivity contribution in [1.29, 1.82) is 0 Å². The molecule has 0 amide bonds. The molecule has 0 spiro atoms. The van der Waals surface area contributed by atoms with Gasteiger partial charge in [0.2, 0.25) is 0 Å². The molecule has 0 aromatic rings. The van der Waals surface area contributed by atoms with Gasteiger partial charge in [0.1, 0.15) is 0 Å². The summed E-state index contributed by atoms with van der Waals surface area (Å²) in [7, 11) is 4.27. The third-order valence-corrected chi connectivity index (χ3v) is 3.54. The van der Waals surface area contributed by atoms with Crippen molar-refractivity contribution < 1.29 is 5.11 Å². The molecule has 1 rings (SSSR count). The number of rotatable bonds is 3. The van der Waals surface area contributed by atoms with Crippen molar-refractivity contribution in [1.82, 2.24) is 9.80 Å². The van der Waals surface area contributed by atoms with Gasteiger partial charge in [-0.2, -0.15) is 0 Å². The molecule has 1 aliphatic heterocycles. The Labute approximate surface area is 87.7 Å². The lowest BCUT2D eigenvalue weighted by molar-refractivity contribution is 0.0810. The van der Waals surface area contributed by atoms with E-state index >= 15 is 0 Å². The highest BCUT2D eigenvalue weighted by atomic mass is 16.3. The summed E-state index contributed by atoms with van der Waals surface area (Å²) in [6.07, 6.45) is -0.233. The summed E-state index contributed by atoms with van der Waals surface area (Å²) < 4.78 is 0. The Balaban J connectivity index is 2.54. The predicted molar refractivity (Wildman–Crippen MR) is 59.4 cm³/mol. The predicted octanol–water partition coefficient (Wildman–Crippen LogP) is 0.638. The second kappa shape index (κ2) is 4.60. The monoisotopic (exact) mass is 200 g/mol. The zero-order chi connectivity index (χ0) is 10.9. The van der Waals surface area contributed by atoms with Gasteiger partial charge in [-0.25, -0.2) is 0 Å². The van der Waals surface area contributed by atoms with Crippen molar-refractivity contribution in [2.24, 2.45) is 5.92 Å². The van der Waals surface area contributed by atoms with E-state index in [1.54, 1.807) is 0 Å². The van der Waals surface area contributed by atoms with Crippen LogP contribution in [0.1, 0.15) is 20.8 Å². The van der Waals surface area contributed by atoms with E-state index in [1.165, 1.54) is 0 Å². The van der Waals surface area contributed by atoms with Gasteiger partial charge in [-0.05, 0) is 33.9 Å². The van der Waals surface area contributed by atoms with Crippen molar-refractivity contribution in [3.05, 3.63) is 0 Å². The van der Waals surface area contributed by atoms with Crippen LogP contribution in [0, 0.1) is 5.92 Å². The molecule has 0 aromatic carbocycles. The molecule has 14 heavy (non-hydrogen) atoms. The van der Waals surface area contributed by atoms with Crippen LogP contribution in [0.2, 0.25) is 0 Å². The van der Waals surface area contributed by atoms with Gasteiger partial charge in [-0.3, -0.25) is 4.90 Å². The molecule has 0 bridgehead atoms. The molecule has 1 aliphatic rings. The van der Waals surface area contributed by atoms with E-state index in [9.17, 15) is 5.11 Å². The maximum absolute atomic E-state index is 9.54. The van der Waals surface area contributed by atoms with Gasteiger partial charge < -0.3 is 10.0 Å². The lowest BCUT2D eigenvalue weighted by atomic mass is 10.1. The number of likely N-dealkylation sites (N-methyl/N-ethyl adjacent to an activating group) is 1. The summed E-state index contributed by atoms with van der Waals surface area (Å²) in [4.78, 5) is 4.68. The Kier molecular flexibility index (Phi) is 3.93. The van der Waals surface area contributed by atoms with E-state index in [0.29, 0.717) is 12.0 Å². The molecule has 1 N–H and O–H groups in total. The lowest BCUT2D eigenvalue weighted by Gasteiger charge is -2.27. The van der Waals surface area contributed by atoms with Gasteiger partial charge in [0.25, 0.3) is 0 Å². The third-order valence-electron chi connectivity index (χ3n) is 3.54. The van der Waals surface area contributed by atoms with Crippen LogP contribution < -0.4 is 0 Å². The third kappa shape index (κ3) is 2.47. The highest BCUT2D eigenvalue weighted by Crippen LogP contribution is 2.22. The van der Waals surface area contributed by atoms with Crippen LogP contribution in [-0.2, 0) is 0 Å². The van der Waals surface area contributed by atoms with Crippen molar-refractivity contribution in [3.8, 4) is 0 Å². The number of likely N-dealkylation sites (tertiary alicyclic amines) is 1. The first-order chi connectivity index (χ1) is 6.43. The van der Waals surface area contributed by atoms with E-state index in [0.717, 1.165) is 13.1 Å². The van der Waals surface area contributed by atoms with Crippen LogP contribution >= 0.6 is 0 Å². The van der Waals surface area contributed by atoms with E-state index < -0.39 is 0 Å². The van der Waals surface area contributed by atoms with Crippen LogP contribution in [0.25, 0.3) is 0 Å². The summed E-state index contributed by atoms with van der Waals surface area (Å²) in [5, 5.41) is 9.54. The van der Waals surface area contributed by atoms with Crippen LogP contribution in [0.15, 0.2) is 0 Å². The highest BCUT2D eigenvalue weighted by Gasteiger charge is 2.34. The van der Waals surface area contributed by atoms with E-state index in [-0.39, 0.29) is 12.1 Å². The van der Waals surface area contributed by atoms with Gasteiger partial charge in [0.15, 0.2) is 0 Å². The SMILES string of the molecule is CC(O)C(C)N1CC(C)C(N(C)C)C1. The zero-order valence-electron chi connectivity index (χ0n) is 10.1. The zero-order valence-corrected chi connectivity index (χ0v) is 10.1. The molecule has 0 radical (unpaired) electrons. The van der Waals surface area contributed by atoms with Gasteiger partial charge in [0.05, 0.1) is 6.10 Å². The van der Waals surface area contributed by atoms with Gasteiger partial charge in [0, 0.05) is 25.2 Å². The molecule has 0 aliphatic carbocycles. The Morgan fingerprint density at radius 1 is 1.29 bits per heavy atom. The lowest BCUT2D eigenvalue weighted by Crippen LogP contribution is -2.40. The first-order valence-corrected chi connectivity index (χ1v) is 5.52. The smallest absolute Gasteiger partial charge is 0.0664 e. The second-order valence-electron chi connectivity index (χ2n) is 4.94. The van der Waals surface area contributed by atoms with Crippen LogP contribution in [0.3, 0.4) is 0 Å². The fourth-order valence-corrected chi connectivity index (χ4v) is 2.30. The van der Waals surface area contributed by atoms with E-state index in [1.807, 2.05) is 6.92 Å². The van der Waals surface area contributed by atoms with Crippen molar-refractivity contribution >= 4 is 0 Å². The first kappa shape index (κ1) is 12.0. The second-order valence-corrected chi connectivity index (χ2v) is 4.94. The number of aliphatic hydroxyl groups is 1. The maximum atomic E-state index is 9.54. The van der Waals surface area contributed by atoms with Crippen molar-refractivity contribution in [2.75, 3.05) is 27.2 Å². The number of nitrogens with zero attached hydrogens (tertiary/aromatic N) is 2. The first-order valence-electron chi connectivity index (χ1n) is 5.52. The topological polar surface area (TPSA) is 26.7 Å². The van der Waals surface area contributed by atoms with Crippen molar-refractivity contribution in [2.45, 2.75) is 39.0 Å². The van der Waals surface area contributed by atoms with Crippen LogP contribution in [0.5, 0.6) is 0 Å². The minimum absolute atomic E-state index is 0.233. The molecule has 3 heteroatoms. The summed E-state index contributed by atoms with van der Waals surface area (Å²) in [6, 6.07) is 0.915. The summed E-state index contributed by atoms with van der Waals surface area (Å²) >= 11 is 0. The highest BCUT2D eigenvalue weighted by molar-refractivity contribution is 4.89. The fraction of sp³-hybridized carbons (Fsp3) is 1.00. The molecule has 1 fully saturated rings. The standard InChI is InChI=1S/C11H24N2O/c1-8-6-13(9(2)10(3)14)7-11(8)12(4)5/h8-11,14H,6-7H2,1-5H3. The molecular weight excluding hydrogens is 176 g/mol. The molecule has 1 heterocycles. The molecule has 4 unspecified atom stereocenters. The van der Waals surface area contributed by atoms with Crippen molar-refractivity contribution in [3.63, 3.8) is 0 Å². The molecular formula is C11H24N2O.